The van der Waals surface area contributed by atoms with Crippen LogP contribution in [-0.4, -0.2) is 41.8 Å². The van der Waals surface area contributed by atoms with E-state index in [0.717, 1.165) is 26.7 Å². The molecule has 10 heteroatoms. The fraction of sp³-hybridized carbons (Fsp3) is 0.238. The minimum Gasteiger partial charge on any atom is -0.357 e. The Bertz CT molecular complexity index is 1390. The fourth-order valence-electron chi connectivity index (χ4n) is 4.00. The minimum atomic E-state index is -3.84. The number of hydrogen-bond acceptors (Lipinski definition) is 5. The SMILES string of the molecule is Cc1c(S(=O)(=O)N[C@H]2CCN(Cc3cc4cnccc4[nH]3)C2=O)sc2ccc(Cl)cc12. The lowest BCUT2D eigenvalue weighted by atomic mass is 10.2. The highest BCUT2D eigenvalue weighted by Crippen LogP contribution is 2.35. The zero-order valence-corrected chi connectivity index (χ0v) is 18.9. The Kier molecular flexibility index (Phi) is 5.01. The molecule has 1 aliphatic heterocycles. The van der Waals surface area contributed by atoms with Gasteiger partial charge in [-0.2, -0.15) is 4.72 Å². The number of aromatic nitrogens is 2. The summed E-state index contributed by atoms with van der Waals surface area (Å²) in [4.78, 5) is 21.9. The monoisotopic (exact) mass is 474 g/mol. The lowest BCUT2D eigenvalue weighted by Crippen LogP contribution is -2.41. The van der Waals surface area contributed by atoms with E-state index in [1.165, 1.54) is 11.3 Å². The molecule has 4 aromatic rings. The van der Waals surface area contributed by atoms with E-state index in [1.54, 1.807) is 36.4 Å². The number of sulfonamides is 1. The molecule has 3 aromatic heterocycles. The standard InChI is InChI=1S/C21H19ClN4O3S2/c1-12-16-9-14(22)2-3-19(16)30-21(12)31(28,29)25-18-5-7-26(20(18)27)11-15-8-13-10-23-6-4-17(13)24-15/h2-4,6,8-10,18,24-25H,5,7,11H2,1H3/t18-/m0/s1. The molecule has 1 aromatic carbocycles. The minimum absolute atomic E-state index is 0.220. The Morgan fingerprint density at radius 1 is 1.32 bits per heavy atom. The van der Waals surface area contributed by atoms with Crippen LogP contribution in [0.1, 0.15) is 17.7 Å². The van der Waals surface area contributed by atoms with Crippen LogP contribution in [0.4, 0.5) is 0 Å². The number of thiophene rings is 1. The Morgan fingerprint density at radius 3 is 2.97 bits per heavy atom. The molecule has 1 amide bonds. The summed E-state index contributed by atoms with van der Waals surface area (Å²) in [5.41, 5.74) is 2.48. The van der Waals surface area contributed by atoms with E-state index in [4.69, 9.17) is 11.6 Å². The number of amides is 1. The number of rotatable bonds is 5. The summed E-state index contributed by atoms with van der Waals surface area (Å²) in [5.74, 6) is -0.220. The lowest BCUT2D eigenvalue weighted by molar-refractivity contribution is -0.129. The van der Waals surface area contributed by atoms with E-state index in [0.29, 0.717) is 30.1 Å². The number of likely N-dealkylation sites (tertiary alicyclic amines) is 1. The quantitative estimate of drug-likeness (QED) is 0.459. The van der Waals surface area contributed by atoms with Gasteiger partial charge in [0.2, 0.25) is 5.91 Å². The molecule has 4 heterocycles. The van der Waals surface area contributed by atoms with Crippen LogP contribution in [0.15, 0.2) is 46.9 Å². The summed E-state index contributed by atoms with van der Waals surface area (Å²) < 4.78 is 29.8. The molecule has 1 fully saturated rings. The van der Waals surface area contributed by atoms with Crippen LogP contribution >= 0.6 is 22.9 Å². The number of carbonyl (C=O) groups is 1. The van der Waals surface area contributed by atoms with Crippen LogP contribution in [-0.2, 0) is 21.4 Å². The number of carbonyl (C=O) groups excluding carboxylic acids is 1. The molecular formula is C21H19ClN4O3S2. The predicted octanol–water partition coefficient (Wildman–Crippen LogP) is 3.82. The first-order valence-electron chi connectivity index (χ1n) is 9.73. The van der Waals surface area contributed by atoms with Gasteiger partial charge in [-0.25, -0.2) is 8.42 Å². The van der Waals surface area contributed by atoms with Gasteiger partial charge in [0.15, 0.2) is 0 Å². The fourth-order valence-corrected chi connectivity index (χ4v) is 7.15. The molecule has 0 spiro atoms. The van der Waals surface area contributed by atoms with Crippen molar-refractivity contribution in [1.29, 1.82) is 0 Å². The number of H-pyrrole nitrogens is 1. The molecule has 160 valence electrons. The topological polar surface area (TPSA) is 95.2 Å². The van der Waals surface area contributed by atoms with Crippen molar-refractivity contribution in [3.63, 3.8) is 0 Å². The van der Waals surface area contributed by atoms with Gasteiger partial charge in [0.05, 0.1) is 6.54 Å². The number of aryl methyl sites for hydroxylation is 1. The predicted molar refractivity (Wildman–Crippen MR) is 122 cm³/mol. The average molecular weight is 475 g/mol. The van der Waals surface area contributed by atoms with Crippen molar-refractivity contribution in [2.24, 2.45) is 0 Å². The van der Waals surface area contributed by atoms with Crippen LogP contribution in [0.5, 0.6) is 0 Å². The van der Waals surface area contributed by atoms with Gasteiger partial charge in [0.25, 0.3) is 10.0 Å². The molecule has 0 saturated carbocycles. The lowest BCUT2D eigenvalue weighted by Gasteiger charge is -2.16. The van der Waals surface area contributed by atoms with Crippen LogP contribution in [0.2, 0.25) is 5.02 Å². The molecular weight excluding hydrogens is 456 g/mol. The summed E-state index contributed by atoms with van der Waals surface area (Å²) in [7, 11) is -3.84. The summed E-state index contributed by atoms with van der Waals surface area (Å²) in [5, 5.41) is 2.34. The number of hydrogen-bond donors (Lipinski definition) is 2. The van der Waals surface area contributed by atoms with Gasteiger partial charge in [-0.15, -0.1) is 11.3 Å². The van der Waals surface area contributed by atoms with E-state index >= 15 is 0 Å². The van der Waals surface area contributed by atoms with Gasteiger partial charge < -0.3 is 9.88 Å². The molecule has 0 bridgehead atoms. The summed E-state index contributed by atoms with van der Waals surface area (Å²) in [6.07, 6.45) is 3.90. The maximum Gasteiger partial charge on any atom is 0.251 e. The molecule has 2 N–H and O–H groups in total. The van der Waals surface area contributed by atoms with Gasteiger partial charge >= 0.3 is 0 Å². The number of benzene rings is 1. The largest absolute Gasteiger partial charge is 0.357 e. The maximum absolute atomic E-state index is 13.1. The molecule has 1 saturated heterocycles. The second kappa shape index (κ2) is 7.59. The van der Waals surface area contributed by atoms with E-state index in [2.05, 4.69) is 14.7 Å². The Balaban J connectivity index is 1.34. The number of aromatic amines is 1. The first-order chi connectivity index (χ1) is 14.8. The number of fused-ring (bicyclic) bond motifs is 2. The highest BCUT2D eigenvalue weighted by Gasteiger charge is 2.36. The third-order valence-corrected chi connectivity index (χ3v) is 9.13. The second-order valence-electron chi connectivity index (χ2n) is 7.63. The molecule has 0 aliphatic carbocycles. The molecule has 7 nitrogen and oxygen atoms in total. The van der Waals surface area contributed by atoms with E-state index in [1.807, 2.05) is 18.2 Å². The zero-order chi connectivity index (χ0) is 21.8. The van der Waals surface area contributed by atoms with Crippen LogP contribution in [0.25, 0.3) is 21.0 Å². The number of nitrogens with zero attached hydrogens (tertiary/aromatic N) is 2. The summed E-state index contributed by atoms with van der Waals surface area (Å²) in [6.45, 7) is 2.64. The van der Waals surface area contributed by atoms with Gasteiger partial charge in [0.1, 0.15) is 10.3 Å². The Morgan fingerprint density at radius 2 is 2.16 bits per heavy atom. The van der Waals surface area contributed by atoms with Gasteiger partial charge in [-0.1, -0.05) is 11.6 Å². The normalized spacial score (nSPS) is 17.3. The Hall–Kier alpha value is -2.46. The Labute approximate surface area is 188 Å². The molecule has 1 atom stereocenters. The molecule has 31 heavy (non-hydrogen) atoms. The third-order valence-electron chi connectivity index (χ3n) is 5.53. The van der Waals surface area contributed by atoms with Crippen molar-refractivity contribution < 1.29 is 13.2 Å². The van der Waals surface area contributed by atoms with Gasteiger partial charge in [-0.3, -0.25) is 9.78 Å². The van der Waals surface area contributed by atoms with Crippen molar-refractivity contribution in [1.82, 2.24) is 19.6 Å². The maximum atomic E-state index is 13.1. The second-order valence-corrected chi connectivity index (χ2v) is 11.0. The molecule has 0 unspecified atom stereocenters. The van der Waals surface area contributed by atoms with Crippen molar-refractivity contribution in [3.05, 3.63) is 59.0 Å². The number of nitrogens with one attached hydrogen (secondary N) is 2. The van der Waals surface area contributed by atoms with Gasteiger partial charge in [-0.05, 0) is 54.6 Å². The van der Waals surface area contributed by atoms with Crippen LogP contribution in [0, 0.1) is 6.92 Å². The highest BCUT2D eigenvalue weighted by molar-refractivity contribution is 7.91. The first-order valence-corrected chi connectivity index (χ1v) is 12.4. The first kappa shape index (κ1) is 20.4. The van der Waals surface area contributed by atoms with Crippen molar-refractivity contribution in [2.75, 3.05) is 6.54 Å². The van der Waals surface area contributed by atoms with Crippen molar-refractivity contribution in [2.45, 2.75) is 30.1 Å². The molecule has 5 rings (SSSR count). The summed E-state index contributed by atoms with van der Waals surface area (Å²) in [6, 6.07) is 8.37. The number of pyridine rings is 1. The highest BCUT2D eigenvalue weighted by atomic mass is 35.5. The van der Waals surface area contributed by atoms with Gasteiger partial charge in [0, 0.05) is 45.3 Å². The third kappa shape index (κ3) is 3.71. The van der Waals surface area contributed by atoms with Crippen LogP contribution < -0.4 is 4.72 Å². The average Bonchev–Trinajstić information content (AvgIpc) is 3.39. The van der Waals surface area contributed by atoms with Crippen molar-refractivity contribution >= 4 is 59.9 Å². The smallest absolute Gasteiger partial charge is 0.251 e. The molecule has 0 radical (unpaired) electrons. The van der Waals surface area contributed by atoms with E-state index < -0.39 is 16.1 Å². The number of halogens is 1. The van der Waals surface area contributed by atoms with E-state index in [9.17, 15) is 13.2 Å². The van der Waals surface area contributed by atoms with Crippen molar-refractivity contribution in [3.8, 4) is 0 Å². The zero-order valence-electron chi connectivity index (χ0n) is 16.6. The molecule has 1 aliphatic rings. The van der Waals surface area contributed by atoms with Crippen LogP contribution in [0.3, 0.4) is 0 Å². The summed E-state index contributed by atoms with van der Waals surface area (Å²) >= 11 is 7.25. The van der Waals surface area contributed by atoms with E-state index in [-0.39, 0.29) is 10.1 Å².